The summed E-state index contributed by atoms with van der Waals surface area (Å²) in [5.41, 5.74) is 3.31. The molecule has 0 fully saturated rings. The number of ether oxygens (including phenoxy) is 2. The molecule has 1 amide bonds. The standard InChI is InChI=1S/C24H24N2O3/c1-17-7-9-20(15-18(17)2)28-13-14-29-23-10-8-19-5-3-4-6-21(19)22(23)16-26-24(27)11-12-25/h3-10,15H,11,13-14,16H2,1-2H3,(H,26,27). The van der Waals surface area contributed by atoms with Gasteiger partial charge in [-0.2, -0.15) is 5.26 Å². The van der Waals surface area contributed by atoms with Crippen LogP contribution in [-0.4, -0.2) is 19.1 Å². The van der Waals surface area contributed by atoms with Crippen LogP contribution in [0.3, 0.4) is 0 Å². The van der Waals surface area contributed by atoms with Gasteiger partial charge >= 0.3 is 0 Å². The lowest BCUT2D eigenvalue weighted by atomic mass is 10.0. The topological polar surface area (TPSA) is 71.3 Å². The molecule has 3 rings (SSSR count). The molecule has 0 bridgehead atoms. The van der Waals surface area contributed by atoms with Gasteiger partial charge in [-0.25, -0.2) is 0 Å². The zero-order valence-electron chi connectivity index (χ0n) is 16.7. The van der Waals surface area contributed by atoms with Crippen LogP contribution in [0.25, 0.3) is 10.8 Å². The molecule has 0 unspecified atom stereocenters. The number of nitriles is 1. The van der Waals surface area contributed by atoms with Crippen LogP contribution in [0.2, 0.25) is 0 Å². The van der Waals surface area contributed by atoms with Crippen molar-refractivity contribution in [2.24, 2.45) is 0 Å². The van der Waals surface area contributed by atoms with Gasteiger partial charge in [0.25, 0.3) is 0 Å². The summed E-state index contributed by atoms with van der Waals surface area (Å²) in [5.74, 6) is 1.22. The van der Waals surface area contributed by atoms with E-state index in [0.29, 0.717) is 25.5 Å². The van der Waals surface area contributed by atoms with Crippen molar-refractivity contribution < 1.29 is 14.3 Å². The second kappa shape index (κ2) is 9.61. The highest BCUT2D eigenvalue weighted by Gasteiger charge is 2.11. The number of nitrogens with one attached hydrogen (secondary N) is 1. The molecule has 0 aliphatic heterocycles. The molecule has 0 heterocycles. The third kappa shape index (κ3) is 5.26. The van der Waals surface area contributed by atoms with Crippen LogP contribution in [0.15, 0.2) is 54.6 Å². The molecule has 0 saturated carbocycles. The lowest BCUT2D eigenvalue weighted by Gasteiger charge is -2.15. The van der Waals surface area contributed by atoms with Crippen LogP contribution in [0, 0.1) is 25.2 Å². The molecule has 5 heteroatoms. The number of amides is 1. The van der Waals surface area contributed by atoms with E-state index in [1.165, 1.54) is 11.1 Å². The quantitative estimate of drug-likeness (QED) is 0.579. The zero-order valence-corrected chi connectivity index (χ0v) is 16.7. The van der Waals surface area contributed by atoms with Gasteiger partial charge < -0.3 is 14.8 Å². The Bertz CT molecular complexity index is 1050. The molecule has 29 heavy (non-hydrogen) atoms. The van der Waals surface area contributed by atoms with E-state index in [9.17, 15) is 4.79 Å². The first kappa shape index (κ1) is 20.2. The molecule has 0 aromatic heterocycles. The molecule has 3 aromatic rings. The van der Waals surface area contributed by atoms with E-state index >= 15 is 0 Å². The van der Waals surface area contributed by atoms with Crippen LogP contribution in [0.1, 0.15) is 23.1 Å². The molecule has 0 spiro atoms. The van der Waals surface area contributed by atoms with E-state index < -0.39 is 0 Å². The molecule has 148 valence electrons. The van der Waals surface area contributed by atoms with Gasteiger partial charge in [0.05, 0.1) is 6.07 Å². The lowest BCUT2D eigenvalue weighted by Crippen LogP contribution is -2.22. The van der Waals surface area contributed by atoms with E-state index in [-0.39, 0.29) is 12.3 Å². The fourth-order valence-corrected chi connectivity index (χ4v) is 3.07. The van der Waals surface area contributed by atoms with Gasteiger partial charge in [-0.3, -0.25) is 4.79 Å². The molecule has 0 aliphatic carbocycles. The van der Waals surface area contributed by atoms with Gasteiger partial charge in [-0.05, 0) is 53.9 Å². The fourth-order valence-electron chi connectivity index (χ4n) is 3.07. The summed E-state index contributed by atoms with van der Waals surface area (Å²) in [6.07, 6.45) is -0.162. The Labute approximate surface area is 170 Å². The highest BCUT2D eigenvalue weighted by atomic mass is 16.5. The van der Waals surface area contributed by atoms with Crippen LogP contribution >= 0.6 is 0 Å². The third-order valence-corrected chi connectivity index (χ3v) is 4.79. The van der Waals surface area contributed by atoms with E-state index in [4.69, 9.17) is 14.7 Å². The molecule has 0 aliphatic rings. The van der Waals surface area contributed by atoms with Crippen molar-refractivity contribution in [3.8, 4) is 17.6 Å². The van der Waals surface area contributed by atoms with Crippen molar-refractivity contribution in [3.63, 3.8) is 0 Å². The summed E-state index contributed by atoms with van der Waals surface area (Å²) in [5, 5.41) is 13.5. The highest BCUT2D eigenvalue weighted by Crippen LogP contribution is 2.28. The Morgan fingerprint density at radius 1 is 1.00 bits per heavy atom. The Morgan fingerprint density at radius 3 is 2.59 bits per heavy atom. The minimum absolute atomic E-state index is 0.162. The molecule has 5 nitrogen and oxygen atoms in total. The van der Waals surface area contributed by atoms with E-state index in [0.717, 1.165) is 22.1 Å². The minimum atomic E-state index is -0.301. The maximum Gasteiger partial charge on any atom is 0.234 e. The maximum absolute atomic E-state index is 11.7. The SMILES string of the molecule is Cc1ccc(OCCOc2ccc3ccccc3c2CNC(=O)CC#N)cc1C. The number of hydrogen-bond donors (Lipinski definition) is 1. The van der Waals surface area contributed by atoms with Gasteiger partial charge in [0.15, 0.2) is 0 Å². The van der Waals surface area contributed by atoms with Crippen LogP contribution in [0.4, 0.5) is 0 Å². The Hall–Kier alpha value is -3.52. The largest absolute Gasteiger partial charge is 0.490 e. The van der Waals surface area contributed by atoms with Crippen LogP contribution < -0.4 is 14.8 Å². The van der Waals surface area contributed by atoms with Crippen LogP contribution in [0.5, 0.6) is 11.5 Å². The fraction of sp³-hybridized carbons (Fsp3) is 0.250. The van der Waals surface area contributed by atoms with Crippen molar-refractivity contribution in [2.45, 2.75) is 26.8 Å². The van der Waals surface area contributed by atoms with Gasteiger partial charge in [0.2, 0.25) is 5.91 Å². The van der Waals surface area contributed by atoms with Crippen molar-refractivity contribution in [3.05, 3.63) is 71.3 Å². The average Bonchev–Trinajstić information content (AvgIpc) is 2.72. The van der Waals surface area contributed by atoms with Crippen LogP contribution in [-0.2, 0) is 11.3 Å². The third-order valence-electron chi connectivity index (χ3n) is 4.79. The maximum atomic E-state index is 11.7. The van der Waals surface area contributed by atoms with Gasteiger partial charge in [-0.15, -0.1) is 0 Å². The number of carbonyl (C=O) groups excluding carboxylic acids is 1. The minimum Gasteiger partial charge on any atom is -0.490 e. The number of benzene rings is 3. The summed E-state index contributed by atoms with van der Waals surface area (Å²) in [7, 11) is 0. The molecular weight excluding hydrogens is 364 g/mol. The molecular formula is C24H24N2O3. The first-order valence-corrected chi connectivity index (χ1v) is 9.55. The summed E-state index contributed by atoms with van der Waals surface area (Å²) in [6.45, 7) is 5.22. The normalized spacial score (nSPS) is 10.4. The van der Waals surface area contributed by atoms with Crippen molar-refractivity contribution in [1.29, 1.82) is 5.26 Å². The Balaban J connectivity index is 1.69. The molecule has 1 N–H and O–H groups in total. The van der Waals surface area contributed by atoms with Crippen molar-refractivity contribution in [1.82, 2.24) is 5.32 Å². The molecule has 3 aromatic carbocycles. The summed E-state index contributed by atoms with van der Waals surface area (Å²) in [4.78, 5) is 11.7. The number of aryl methyl sites for hydroxylation is 2. The van der Waals surface area contributed by atoms with Crippen molar-refractivity contribution in [2.75, 3.05) is 13.2 Å². The molecule has 0 radical (unpaired) electrons. The Morgan fingerprint density at radius 2 is 1.79 bits per heavy atom. The predicted octanol–water partition coefficient (Wildman–Crippen LogP) is 4.44. The number of carbonyl (C=O) groups is 1. The van der Waals surface area contributed by atoms with E-state index in [1.54, 1.807) is 0 Å². The predicted molar refractivity (Wildman–Crippen MR) is 113 cm³/mol. The lowest BCUT2D eigenvalue weighted by molar-refractivity contribution is -0.120. The summed E-state index contributed by atoms with van der Waals surface area (Å²) < 4.78 is 11.8. The first-order chi connectivity index (χ1) is 14.1. The Kier molecular flexibility index (Phi) is 6.70. The summed E-state index contributed by atoms with van der Waals surface area (Å²) in [6, 6.07) is 19.7. The summed E-state index contributed by atoms with van der Waals surface area (Å²) >= 11 is 0. The van der Waals surface area contributed by atoms with E-state index in [2.05, 4.69) is 19.2 Å². The molecule has 0 atom stereocenters. The van der Waals surface area contributed by atoms with Gasteiger partial charge in [0.1, 0.15) is 31.1 Å². The van der Waals surface area contributed by atoms with Gasteiger partial charge in [0, 0.05) is 12.1 Å². The monoisotopic (exact) mass is 388 g/mol. The highest BCUT2D eigenvalue weighted by molar-refractivity contribution is 5.88. The smallest absolute Gasteiger partial charge is 0.234 e. The van der Waals surface area contributed by atoms with Gasteiger partial charge in [-0.1, -0.05) is 36.4 Å². The number of nitrogens with zero attached hydrogens (tertiary/aromatic N) is 1. The number of rotatable bonds is 8. The first-order valence-electron chi connectivity index (χ1n) is 9.55. The van der Waals surface area contributed by atoms with Crippen molar-refractivity contribution >= 4 is 16.7 Å². The second-order valence-corrected chi connectivity index (χ2v) is 6.82. The average molecular weight is 388 g/mol. The van der Waals surface area contributed by atoms with E-state index in [1.807, 2.05) is 60.7 Å². The number of fused-ring (bicyclic) bond motifs is 1. The molecule has 0 saturated heterocycles. The zero-order chi connectivity index (χ0) is 20.6. The second-order valence-electron chi connectivity index (χ2n) is 6.82. The number of hydrogen-bond acceptors (Lipinski definition) is 4.